The van der Waals surface area contributed by atoms with Crippen molar-refractivity contribution >= 4 is 29.0 Å². The zero-order valence-corrected chi connectivity index (χ0v) is 14.2. The molecular formula is C18H15ClN4O2. The van der Waals surface area contributed by atoms with Gasteiger partial charge >= 0.3 is 0 Å². The highest BCUT2D eigenvalue weighted by atomic mass is 35.5. The van der Waals surface area contributed by atoms with E-state index in [0.29, 0.717) is 22.7 Å². The highest BCUT2D eigenvalue weighted by molar-refractivity contribution is 6.31. The Labute approximate surface area is 148 Å². The number of ketones is 1. The predicted molar refractivity (Wildman–Crippen MR) is 96.6 cm³/mol. The molecule has 7 heteroatoms. The Morgan fingerprint density at radius 3 is 2.48 bits per heavy atom. The lowest BCUT2D eigenvalue weighted by molar-refractivity contribution is 0.101. The number of rotatable bonds is 5. The van der Waals surface area contributed by atoms with Crippen molar-refractivity contribution in [3.63, 3.8) is 0 Å². The van der Waals surface area contributed by atoms with E-state index in [-0.39, 0.29) is 23.0 Å². The van der Waals surface area contributed by atoms with Crippen LogP contribution in [0.4, 0.5) is 11.6 Å². The lowest BCUT2D eigenvalue weighted by Crippen LogP contribution is -2.19. The molecule has 2 aromatic carbocycles. The first-order valence-electron chi connectivity index (χ1n) is 7.60. The number of benzene rings is 2. The second-order valence-electron chi connectivity index (χ2n) is 5.48. The number of nitrogens with zero attached hydrogens (tertiary/aromatic N) is 2. The molecule has 0 aliphatic carbocycles. The molecule has 25 heavy (non-hydrogen) atoms. The molecule has 1 aromatic heterocycles. The van der Waals surface area contributed by atoms with Crippen molar-refractivity contribution in [3.05, 3.63) is 80.7 Å². The molecule has 0 saturated carbocycles. The van der Waals surface area contributed by atoms with Gasteiger partial charge in [0.2, 0.25) is 5.95 Å². The average Bonchev–Trinajstić information content (AvgIpc) is 2.59. The van der Waals surface area contributed by atoms with Gasteiger partial charge in [0.1, 0.15) is 5.69 Å². The third-order valence-electron chi connectivity index (χ3n) is 3.63. The molecule has 0 spiro atoms. The van der Waals surface area contributed by atoms with Crippen molar-refractivity contribution in [2.24, 2.45) is 0 Å². The van der Waals surface area contributed by atoms with E-state index in [0.717, 1.165) is 5.56 Å². The third kappa shape index (κ3) is 4.10. The number of hydrogen-bond donors (Lipinski definition) is 2. The molecule has 0 amide bonds. The van der Waals surface area contributed by atoms with Gasteiger partial charge in [-0.05, 0) is 42.8 Å². The number of halogens is 1. The van der Waals surface area contributed by atoms with Crippen LogP contribution in [-0.2, 0) is 6.42 Å². The number of anilines is 2. The Hall–Kier alpha value is -2.99. The molecular weight excluding hydrogens is 340 g/mol. The summed E-state index contributed by atoms with van der Waals surface area (Å²) in [5.41, 5.74) is 2.06. The minimum atomic E-state index is -0.335. The molecule has 0 fully saturated rings. The number of Topliss-reactive ketones (excluding diaryl/α,β-unsaturated/α-hetero) is 1. The fraction of sp³-hybridized carbons (Fsp3) is 0.111. The molecule has 0 bridgehead atoms. The average molecular weight is 355 g/mol. The standard InChI is InChI=1S/C18H15ClN4O2/c1-11(24)12-6-8-14(9-7-12)20-18-21-17(25)16(22-23-18)10-13-4-2-3-5-15(13)19/h2-9H,10H2,1H3,(H2,20,21,23,25). The van der Waals surface area contributed by atoms with Crippen molar-refractivity contribution in [1.29, 1.82) is 0 Å². The highest BCUT2D eigenvalue weighted by Gasteiger charge is 2.09. The number of nitrogens with one attached hydrogen (secondary N) is 2. The number of hydrogen-bond acceptors (Lipinski definition) is 5. The summed E-state index contributed by atoms with van der Waals surface area (Å²) in [7, 11) is 0. The van der Waals surface area contributed by atoms with Gasteiger partial charge in [-0.3, -0.25) is 14.6 Å². The van der Waals surface area contributed by atoms with Crippen LogP contribution in [0, 0.1) is 0 Å². The van der Waals surface area contributed by atoms with Crippen LogP contribution in [0.25, 0.3) is 0 Å². The first kappa shape index (κ1) is 16.9. The maximum Gasteiger partial charge on any atom is 0.274 e. The Balaban J connectivity index is 1.76. The predicted octanol–water partition coefficient (Wildman–Crippen LogP) is 3.36. The maximum atomic E-state index is 12.2. The van der Waals surface area contributed by atoms with Crippen LogP contribution >= 0.6 is 11.6 Å². The zero-order chi connectivity index (χ0) is 17.8. The van der Waals surface area contributed by atoms with E-state index in [1.54, 1.807) is 30.3 Å². The normalized spacial score (nSPS) is 10.5. The molecule has 0 radical (unpaired) electrons. The summed E-state index contributed by atoms with van der Waals surface area (Å²) in [5.74, 6) is 0.215. The molecule has 0 aliphatic heterocycles. The lowest BCUT2D eigenvalue weighted by Gasteiger charge is -2.06. The van der Waals surface area contributed by atoms with Crippen LogP contribution in [-0.4, -0.2) is 21.0 Å². The van der Waals surface area contributed by atoms with Crippen molar-refractivity contribution in [1.82, 2.24) is 15.2 Å². The largest absolute Gasteiger partial charge is 0.324 e. The number of H-pyrrole nitrogens is 1. The number of aromatic nitrogens is 3. The molecule has 0 saturated heterocycles. The summed E-state index contributed by atoms with van der Waals surface area (Å²) in [6.07, 6.45) is 0.301. The second kappa shape index (κ2) is 7.27. The van der Waals surface area contributed by atoms with Crippen LogP contribution in [0.1, 0.15) is 28.5 Å². The summed E-state index contributed by atoms with van der Waals surface area (Å²) in [6.45, 7) is 1.50. The van der Waals surface area contributed by atoms with E-state index in [1.807, 2.05) is 18.2 Å². The quantitative estimate of drug-likeness (QED) is 0.686. The number of aromatic amines is 1. The van der Waals surface area contributed by atoms with Crippen LogP contribution in [0.5, 0.6) is 0 Å². The monoisotopic (exact) mass is 354 g/mol. The van der Waals surface area contributed by atoms with E-state index < -0.39 is 0 Å². The summed E-state index contributed by atoms with van der Waals surface area (Å²) in [6, 6.07) is 14.1. The van der Waals surface area contributed by atoms with Crippen LogP contribution < -0.4 is 10.9 Å². The smallest absolute Gasteiger partial charge is 0.274 e. The van der Waals surface area contributed by atoms with Gasteiger partial charge in [0, 0.05) is 22.7 Å². The first-order valence-corrected chi connectivity index (χ1v) is 7.98. The van der Waals surface area contributed by atoms with Crippen molar-refractivity contribution in [2.75, 3.05) is 5.32 Å². The van der Waals surface area contributed by atoms with Crippen LogP contribution in [0.3, 0.4) is 0 Å². The SMILES string of the molecule is CC(=O)c1ccc(Nc2nnc(Cc3ccccc3Cl)c(=O)[nH]2)cc1. The van der Waals surface area contributed by atoms with Gasteiger partial charge in [-0.25, -0.2) is 0 Å². The maximum absolute atomic E-state index is 12.2. The topological polar surface area (TPSA) is 87.7 Å². The van der Waals surface area contributed by atoms with Gasteiger partial charge in [0.15, 0.2) is 5.78 Å². The highest BCUT2D eigenvalue weighted by Crippen LogP contribution is 2.17. The summed E-state index contributed by atoms with van der Waals surface area (Å²) >= 11 is 6.10. The second-order valence-corrected chi connectivity index (χ2v) is 5.88. The summed E-state index contributed by atoms with van der Waals surface area (Å²) in [4.78, 5) is 26.1. The van der Waals surface area contributed by atoms with Crippen molar-refractivity contribution in [2.45, 2.75) is 13.3 Å². The molecule has 2 N–H and O–H groups in total. The first-order chi connectivity index (χ1) is 12.0. The van der Waals surface area contributed by atoms with E-state index in [4.69, 9.17) is 11.6 Å². The van der Waals surface area contributed by atoms with E-state index in [9.17, 15) is 9.59 Å². The number of carbonyl (C=O) groups excluding carboxylic acids is 1. The minimum Gasteiger partial charge on any atom is -0.324 e. The Kier molecular flexibility index (Phi) is 4.90. The Morgan fingerprint density at radius 1 is 1.12 bits per heavy atom. The molecule has 3 rings (SSSR count). The Morgan fingerprint density at radius 2 is 1.84 bits per heavy atom. The molecule has 1 heterocycles. The summed E-state index contributed by atoms with van der Waals surface area (Å²) in [5, 5.41) is 11.5. The molecule has 0 unspecified atom stereocenters. The lowest BCUT2D eigenvalue weighted by atomic mass is 10.1. The number of carbonyl (C=O) groups is 1. The van der Waals surface area contributed by atoms with Gasteiger partial charge in [-0.15, -0.1) is 10.2 Å². The van der Waals surface area contributed by atoms with Crippen LogP contribution in [0.2, 0.25) is 5.02 Å². The van der Waals surface area contributed by atoms with Crippen molar-refractivity contribution in [3.8, 4) is 0 Å². The van der Waals surface area contributed by atoms with Gasteiger partial charge in [-0.1, -0.05) is 29.8 Å². The van der Waals surface area contributed by atoms with Crippen molar-refractivity contribution < 1.29 is 4.79 Å². The zero-order valence-electron chi connectivity index (χ0n) is 13.4. The molecule has 0 aliphatic rings. The fourth-order valence-electron chi connectivity index (χ4n) is 2.28. The Bertz CT molecular complexity index is 967. The van der Waals surface area contributed by atoms with E-state index >= 15 is 0 Å². The molecule has 6 nitrogen and oxygen atoms in total. The summed E-state index contributed by atoms with van der Waals surface area (Å²) < 4.78 is 0. The van der Waals surface area contributed by atoms with E-state index in [2.05, 4.69) is 20.5 Å². The molecule has 0 atom stereocenters. The molecule has 3 aromatic rings. The third-order valence-corrected chi connectivity index (χ3v) is 4.00. The van der Waals surface area contributed by atoms with E-state index in [1.165, 1.54) is 6.92 Å². The van der Waals surface area contributed by atoms with Crippen LogP contribution in [0.15, 0.2) is 53.3 Å². The molecule has 126 valence electrons. The van der Waals surface area contributed by atoms with Gasteiger partial charge in [0.25, 0.3) is 5.56 Å². The van der Waals surface area contributed by atoms with Gasteiger partial charge < -0.3 is 5.32 Å². The minimum absolute atomic E-state index is 0.0105. The fourth-order valence-corrected chi connectivity index (χ4v) is 2.48. The van der Waals surface area contributed by atoms with Gasteiger partial charge in [0.05, 0.1) is 0 Å². The van der Waals surface area contributed by atoms with Gasteiger partial charge in [-0.2, -0.15) is 0 Å².